The van der Waals surface area contributed by atoms with Gasteiger partial charge in [-0.3, -0.25) is 20.2 Å². The molecule has 10 nitrogen and oxygen atoms in total. The lowest BCUT2D eigenvalue weighted by Crippen LogP contribution is -1.86. The summed E-state index contributed by atoms with van der Waals surface area (Å²) in [5, 5.41) is 47.5. The maximum Gasteiger partial charge on any atom is 0.273 e. The molecule has 0 atom stereocenters. The molecule has 2 N–H and O–H groups in total. The molecule has 0 unspecified atom stereocenters. The van der Waals surface area contributed by atoms with Gasteiger partial charge in [0.1, 0.15) is 22.9 Å². The number of rotatable bonds is 4. The lowest BCUT2D eigenvalue weighted by atomic mass is 10.2. The third-order valence-electron chi connectivity index (χ3n) is 2.61. The third-order valence-corrected chi connectivity index (χ3v) is 2.61. The van der Waals surface area contributed by atoms with Gasteiger partial charge in [-0.15, -0.1) is 10.2 Å². The van der Waals surface area contributed by atoms with E-state index >= 15 is 0 Å². The summed E-state index contributed by atoms with van der Waals surface area (Å²) in [5.74, 6) is -0.821. The molecule has 0 aliphatic heterocycles. The molecule has 0 aliphatic rings. The molecule has 0 fully saturated rings. The van der Waals surface area contributed by atoms with Crippen LogP contribution in [0.3, 0.4) is 0 Å². The van der Waals surface area contributed by atoms with Gasteiger partial charge < -0.3 is 10.2 Å². The zero-order valence-corrected chi connectivity index (χ0v) is 10.8. The van der Waals surface area contributed by atoms with Crippen LogP contribution in [-0.2, 0) is 0 Å². The standard InChI is InChI=1S/C12H8N4O6/c17-11-4-2-7(15(19)20)5-10(11)14-13-9-3-1-8(16(21)22)6-12(9)18/h1-6,17-18H. The summed E-state index contributed by atoms with van der Waals surface area (Å²) >= 11 is 0. The van der Waals surface area contributed by atoms with Crippen LogP contribution in [0.25, 0.3) is 0 Å². The average molecular weight is 304 g/mol. The molecule has 0 saturated carbocycles. The number of benzene rings is 2. The third kappa shape index (κ3) is 3.12. The highest BCUT2D eigenvalue weighted by Gasteiger charge is 2.12. The maximum atomic E-state index is 10.6. The molecule has 2 rings (SSSR count). The molecule has 22 heavy (non-hydrogen) atoms. The van der Waals surface area contributed by atoms with E-state index in [1.54, 1.807) is 0 Å². The summed E-state index contributed by atoms with van der Waals surface area (Å²) in [6.07, 6.45) is 0. The smallest absolute Gasteiger partial charge is 0.273 e. The second-order valence-electron chi connectivity index (χ2n) is 4.06. The molecule has 0 heterocycles. The van der Waals surface area contributed by atoms with Gasteiger partial charge >= 0.3 is 0 Å². The highest BCUT2D eigenvalue weighted by Crippen LogP contribution is 2.35. The zero-order chi connectivity index (χ0) is 16.3. The van der Waals surface area contributed by atoms with Gasteiger partial charge in [0.2, 0.25) is 0 Å². The number of phenolic OH excluding ortho intramolecular Hbond substituents is 2. The van der Waals surface area contributed by atoms with E-state index in [1.807, 2.05) is 0 Å². The molecule has 0 amide bonds. The summed E-state index contributed by atoms with van der Waals surface area (Å²) in [6, 6.07) is 6.34. The van der Waals surface area contributed by atoms with Crippen LogP contribution in [0.4, 0.5) is 22.7 Å². The van der Waals surface area contributed by atoms with Gasteiger partial charge in [-0.2, -0.15) is 0 Å². The van der Waals surface area contributed by atoms with Crippen molar-refractivity contribution in [2.24, 2.45) is 10.2 Å². The van der Waals surface area contributed by atoms with Crippen molar-refractivity contribution in [2.75, 3.05) is 0 Å². The van der Waals surface area contributed by atoms with Crippen LogP contribution < -0.4 is 0 Å². The second-order valence-corrected chi connectivity index (χ2v) is 4.06. The Bertz CT molecular complexity index is 789. The summed E-state index contributed by atoms with van der Waals surface area (Å²) < 4.78 is 0. The normalized spacial score (nSPS) is 10.7. The van der Waals surface area contributed by atoms with E-state index in [4.69, 9.17) is 0 Å². The lowest BCUT2D eigenvalue weighted by Gasteiger charge is -1.99. The number of aromatic hydroxyl groups is 2. The summed E-state index contributed by atoms with van der Waals surface area (Å²) in [7, 11) is 0. The van der Waals surface area contributed by atoms with Crippen LogP contribution in [0.5, 0.6) is 11.5 Å². The molecule has 112 valence electrons. The van der Waals surface area contributed by atoms with Crippen LogP contribution in [0.1, 0.15) is 0 Å². The Morgan fingerprint density at radius 3 is 1.91 bits per heavy atom. The lowest BCUT2D eigenvalue weighted by molar-refractivity contribution is -0.385. The van der Waals surface area contributed by atoms with E-state index < -0.39 is 15.6 Å². The first-order valence-corrected chi connectivity index (χ1v) is 5.75. The fourth-order valence-corrected chi connectivity index (χ4v) is 1.52. The first-order valence-electron chi connectivity index (χ1n) is 5.75. The van der Waals surface area contributed by atoms with Crippen molar-refractivity contribution in [1.82, 2.24) is 0 Å². The van der Waals surface area contributed by atoms with Crippen molar-refractivity contribution in [2.45, 2.75) is 0 Å². The van der Waals surface area contributed by atoms with Crippen molar-refractivity contribution in [3.63, 3.8) is 0 Å². The summed E-state index contributed by atoms with van der Waals surface area (Å²) in [5.41, 5.74) is -0.877. The van der Waals surface area contributed by atoms with E-state index in [-0.39, 0.29) is 28.5 Å². The van der Waals surface area contributed by atoms with Gasteiger partial charge in [-0.25, -0.2) is 0 Å². The van der Waals surface area contributed by atoms with Crippen molar-refractivity contribution in [3.05, 3.63) is 56.6 Å². The number of hydrogen-bond acceptors (Lipinski definition) is 8. The first-order chi connectivity index (χ1) is 10.4. The Labute approximate surface area is 122 Å². The van der Waals surface area contributed by atoms with Gasteiger partial charge in [-0.1, -0.05) is 0 Å². The molecule has 0 radical (unpaired) electrons. The number of phenols is 2. The van der Waals surface area contributed by atoms with Crippen LogP contribution in [0.15, 0.2) is 46.6 Å². The molecule has 2 aromatic carbocycles. The predicted molar refractivity (Wildman–Crippen MR) is 73.7 cm³/mol. The SMILES string of the molecule is O=[N+]([O-])c1ccc(N=Nc2cc([N+](=O)[O-])ccc2O)c(O)c1. The molecule has 0 aromatic heterocycles. The van der Waals surface area contributed by atoms with Crippen LogP contribution in [0, 0.1) is 20.2 Å². The van der Waals surface area contributed by atoms with E-state index in [1.165, 1.54) is 0 Å². The van der Waals surface area contributed by atoms with Crippen molar-refractivity contribution < 1.29 is 20.1 Å². The monoisotopic (exact) mass is 304 g/mol. The molecule has 10 heteroatoms. The van der Waals surface area contributed by atoms with Crippen molar-refractivity contribution in [3.8, 4) is 11.5 Å². The van der Waals surface area contributed by atoms with Gasteiger partial charge in [0.15, 0.2) is 0 Å². The Kier molecular flexibility index (Phi) is 3.93. The minimum atomic E-state index is -0.687. The van der Waals surface area contributed by atoms with Gasteiger partial charge in [0.05, 0.1) is 15.9 Å². The first kappa shape index (κ1) is 14.8. The number of nitro groups is 2. The highest BCUT2D eigenvalue weighted by molar-refractivity contribution is 5.59. The van der Waals surface area contributed by atoms with E-state index in [0.29, 0.717) is 0 Å². The number of non-ortho nitro benzene ring substituents is 2. The molecular formula is C12H8N4O6. The Morgan fingerprint density at radius 2 is 1.32 bits per heavy atom. The molecule has 0 spiro atoms. The fraction of sp³-hybridized carbons (Fsp3) is 0. The Balaban J connectivity index is 2.34. The highest BCUT2D eigenvalue weighted by atomic mass is 16.6. The topological polar surface area (TPSA) is 151 Å². The van der Waals surface area contributed by atoms with Gasteiger partial charge in [0, 0.05) is 18.2 Å². The number of nitro benzene ring substituents is 2. The van der Waals surface area contributed by atoms with Crippen LogP contribution in [-0.4, -0.2) is 20.1 Å². The molecule has 2 aromatic rings. The van der Waals surface area contributed by atoms with Gasteiger partial charge in [-0.05, 0) is 12.1 Å². The summed E-state index contributed by atoms with van der Waals surface area (Å²) in [4.78, 5) is 19.8. The quantitative estimate of drug-likeness (QED) is 0.502. The summed E-state index contributed by atoms with van der Waals surface area (Å²) in [6.45, 7) is 0. The Hall–Kier alpha value is -3.56. The van der Waals surface area contributed by atoms with E-state index in [9.17, 15) is 30.4 Å². The molecular weight excluding hydrogens is 296 g/mol. The van der Waals surface area contributed by atoms with E-state index in [0.717, 1.165) is 36.4 Å². The van der Waals surface area contributed by atoms with E-state index in [2.05, 4.69) is 10.2 Å². The second kappa shape index (κ2) is 5.83. The number of hydrogen-bond donors (Lipinski definition) is 2. The van der Waals surface area contributed by atoms with Gasteiger partial charge in [0.25, 0.3) is 11.4 Å². The minimum Gasteiger partial charge on any atom is -0.506 e. The number of azo groups is 1. The predicted octanol–water partition coefficient (Wildman–Crippen LogP) is 3.33. The molecule has 0 bridgehead atoms. The van der Waals surface area contributed by atoms with Crippen molar-refractivity contribution >= 4 is 22.7 Å². The van der Waals surface area contributed by atoms with Crippen LogP contribution >= 0.6 is 0 Å². The fourth-order valence-electron chi connectivity index (χ4n) is 1.52. The van der Waals surface area contributed by atoms with Crippen molar-refractivity contribution in [1.29, 1.82) is 0 Å². The molecule has 0 aliphatic carbocycles. The average Bonchev–Trinajstić information content (AvgIpc) is 2.47. The maximum absolute atomic E-state index is 10.6. The Morgan fingerprint density at radius 1 is 0.773 bits per heavy atom. The minimum absolute atomic E-state index is 0.0866. The number of nitrogens with zero attached hydrogens (tertiary/aromatic N) is 4. The zero-order valence-electron chi connectivity index (χ0n) is 10.8. The largest absolute Gasteiger partial charge is 0.506 e. The molecule has 0 saturated heterocycles. The van der Waals surface area contributed by atoms with Crippen LogP contribution in [0.2, 0.25) is 0 Å².